The summed E-state index contributed by atoms with van der Waals surface area (Å²) in [5.74, 6) is 1.89. The second-order valence-corrected chi connectivity index (χ2v) is 9.18. The normalized spacial score (nSPS) is 18.8. The lowest BCUT2D eigenvalue weighted by atomic mass is 9.91. The number of aryl methyl sites for hydroxylation is 1. The van der Waals surface area contributed by atoms with Gasteiger partial charge in [-0.3, -0.25) is 9.20 Å². The van der Waals surface area contributed by atoms with Gasteiger partial charge in [0.1, 0.15) is 5.82 Å². The topological polar surface area (TPSA) is 84.5 Å². The highest BCUT2D eigenvalue weighted by atomic mass is 32.2. The molecule has 4 rings (SSSR count). The van der Waals surface area contributed by atoms with Crippen LogP contribution in [0, 0.1) is 0 Å². The number of benzene rings is 1. The molecular formula is C24H31N5OS. The Morgan fingerprint density at radius 3 is 2.68 bits per heavy atom. The van der Waals surface area contributed by atoms with Crippen LogP contribution in [0.4, 0.5) is 5.82 Å². The van der Waals surface area contributed by atoms with Gasteiger partial charge in [-0.05, 0) is 55.4 Å². The molecule has 4 N–H and O–H groups in total. The number of pyridine rings is 1. The summed E-state index contributed by atoms with van der Waals surface area (Å²) in [6, 6.07) is 14.6. The summed E-state index contributed by atoms with van der Waals surface area (Å²) in [6.45, 7) is 0.708. The fraction of sp³-hybridized carbons (Fsp3) is 0.417. The lowest BCUT2D eigenvalue weighted by Crippen LogP contribution is -2.40. The van der Waals surface area contributed by atoms with Crippen molar-refractivity contribution in [3.05, 3.63) is 65.5 Å². The number of thioether (sulfide) groups is 1. The molecule has 1 saturated carbocycles. The molecule has 0 unspecified atom stereocenters. The second-order valence-electron chi connectivity index (χ2n) is 8.19. The summed E-state index contributed by atoms with van der Waals surface area (Å²) in [6.07, 6.45) is 8.73. The van der Waals surface area contributed by atoms with Gasteiger partial charge >= 0.3 is 0 Å². The Balaban J connectivity index is 1.60. The number of nitrogens with zero attached hydrogens (tertiary/aromatic N) is 2. The van der Waals surface area contributed by atoms with Crippen LogP contribution in [0.15, 0.2) is 48.7 Å². The van der Waals surface area contributed by atoms with E-state index in [1.807, 2.05) is 40.9 Å². The number of nitrogens with one attached hydrogen (secondary N) is 2. The fourth-order valence-electron chi connectivity index (χ4n) is 4.16. The number of hydrogen-bond acceptors (Lipinski definition) is 5. The molecule has 6 nitrogen and oxygen atoms in total. The van der Waals surface area contributed by atoms with E-state index in [1.165, 1.54) is 5.56 Å². The lowest BCUT2D eigenvalue weighted by molar-refractivity contribution is 0.0927. The van der Waals surface area contributed by atoms with E-state index >= 15 is 0 Å². The first kappa shape index (κ1) is 21.7. The van der Waals surface area contributed by atoms with E-state index < -0.39 is 0 Å². The molecule has 0 radical (unpaired) electrons. The van der Waals surface area contributed by atoms with E-state index in [0.717, 1.165) is 49.4 Å². The molecule has 1 aliphatic rings. The summed E-state index contributed by atoms with van der Waals surface area (Å²) >= 11 is 1.80. The highest BCUT2D eigenvalue weighted by Gasteiger charge is 2.23. The Morgan fingerprint density at radius 1 is 1.16 bits per heavy atom. The molecule has 0 bridgehead atoms. The van der Waals surface area contributed by atoms with Crippen molar-refractivity contribution in [3.63, 3.8) is 0 Å². The minimum atomic E-state index is -0.0536. The number of carbonyl (C=O) groups excluding carboxylic acids is 1. The highest BCUT2D eigenvalue weighted by Crippen LogP contribution is 2.24. The van der Waals surface area contributed by atoms with Crippen LogP contribution in [0.25, 0.3) is 5.65 Å². The minimum absolute atomic E-state index is 0.0536. The van der Waals surface area contributed by atoms with Gasteiger partial charge in [-0.15, -0.1) is 0 Å². The van der Waals surface area contributed by atoms with Crippen molar-refractivity contribution in [1.82, 2.24) is 14.7 Å². The van der Waals surface area contributed by atoms with Crippen molar-refractivity contribution in [2.45, 2.75) is 50.7 Å². The maximum atomic E-state index is 13.1. The zero-order valence-electron chi connectivity index (χ0n) is 18.0. The Hall–Kier alpha value is -2.51. The summed E-state index contributed by atoms with van der Waals surface area (Å²) in [7, 11) is 0. The molecule has 1 aromatic carbocycles. The Kier molecular flexibility index (Phi) is 7.14. The standard InChI is InChI=1S/C24H31N5OS/c1-31-15-13-21-23(26-16-17-6-3-2-4-7-17)29-14-5-8-20(22(29)28-21)24(30)27-19-11-9-18(25)10-12-19/h2-8,14,18-19,26H,9-13,15-16,25H2,1H3,(H,27,30). The number of aromatic nitrogens is 2. The number of nitrogens with two attached hydrogens (primary N) is 1. The van der Waals surface area contributed by atoms with E-state index in [0.29, 0.717) is 17.8 Å². The summed E-state index contributed by atoms with van der Waals surface area (Å²) in [5, 5.41) is 6.76. The van der Waals surface area contributed by atoms with E-state index in [9.17, 15) is 4.79 Å². The van der Waals surface area contributed by atoms with Gasteiger partial charge in [0.05, 0.1) is 11.3 Å². The zero-order chi connectivity index (χ0) is 21.6. The molecule has 31 heavy (non-hydrogen) atoms. The molecule has 0 aliphatic heterocycles. The maximum absolute atomic E-state index is 13.1. The maximum Gasteiger partial charge on any atom is 0.255 e. The third kappa shape index (κ3) is 5.22. The van der Waals surface area contributed by atoms with Crippen molar-refractivity contribution in [2.75, 3.05) is 17.3 Å². The molecule has 0 atom stereocenters. The van der Waals surface area contributed by atoms with E-state index in [-0.39, 0.29) is 18.0 Å². The number of anilines is 1. The van der Waals surface area contributed by atoms with Crippen molar-refractivity contribution >= 4 is 29.1 Å². The van der Waals surface area contributed by atoms with Crippen LogP contribution in [0.3, 0.4) is 0 Å². The molecule has 7 heteroatoms. The molecule has 164 valence electrons. The van der Waals surface area contributed by atoms with Crippen LogP contribution in [0.1, 0.15) is 47.3 Å². The first-order chi connectivity index (χ1) is 15.2. The van der Waals surface area contributed by atoms with Crippen LogP contribution >= 0.6 is 11.8 Å². The number of imidazole rings is 1. The number of amides is 1. The Bertz CT molecular complexity index is 1010. The van der Waals surface area contributed by atoms with E-state index in [1.54, 1.807) is 11.8 Å². The molecule has 1 fully saturated rings. The van der Waals surface area contributed by atoms with E-state index in [2.05, 4.69) is 29.0 Å². The molecule has 0 spiro atoms. The average molecular weight is 438 g/mol. The third-order valence-corrected chi connectivity index (χ3v) is 6.53. The Morgan fingerprint density at radius 2 is 1.94 bits per heavy atom. The zero-order valence-corrected chi connectivity index (χ0v) is 18.8. The van der Waals surface area contributed by atoms with E-state index in [4.69, 9.17) is 10.7 Å². The quantitative estimate of drug-likeness (QED) is 0.498. The number of hydrogen-bond donors (Lipinski definition) is 3. The SMILES string of the molecule is CSCCc1nc2c(C(=O)NC3CCC(N)CC3)cccn2c1NCc1ccccc1. The van der Waals surface area contributed by atoms with Crippen molar-refractivity contribution in [1.29, 1.82) is 0 Å². The Labute approximate surface area is 188 Å². The monoisotopic (exact) mass is 437 g/mol. The van der Waals surface area contributed by atoms with Crippen molar-refractivity contribution in [3.8, 4) is 0 Å². The van der Waals surface area contributed by atoms with Gasteiger partial charge in [0.25, 0.3) is 5.91 Å². The van der Waals surface area contributed by atoms with Crippen LogP contribution < -0.4 is 16.4 Å². The lowest BCUT2D eigenvalue weighted by Gasteiger charge is -2.26. The summed E-state index contributed by atoms with van der Waals surface area (Å²) in [4.78, 5) is 18.0. The summed E-state index contributed by atoms with van der Waals surface area (Å²) < 4.78 is 2.02. The molecule has 1 amide bonds. The molecule has 2 aromatic heterocycles. The predicted molar refractivity (Wildman–Crippen MR) is 129 cm³/mol. The smallest absolute Gasteiger partial charge is 0.255 e. The third-order valence-electron chi connectivity index (χ3n) is 5.92. The highest BCUT2D eigenvalue weighted by molar-refractivity contribution is 7.98. The molecule has 3 aromatic rings. The van der Waals surface area contributed by atoms with Gasteiger partial charge in [0.15, 0.2) is 5.65 Å². The van der Waals surface area contributed by atoms with Crippen LogP contribution in [-0.2, 0) is 13.0 Å². The van der Waals surface area contributed by atoms with Crippen molar-refractivity contribution in [2.24, 2.45) is 5.73 Å². The summed E-state index contributed by atoms with van der Waals surface area (Å²) in [5.41, 5.74) is 9.54. The van der Waals surface area contributed by atoms with Gasteiger partial charge in [0.2, 0.25) is 0 Å². The minimum Gasteiger partial charge on any atom is -0.366 e. The molecular weight excluding hydrogens is 406 g/mol. The van der Waals surface area contributed by atoms with Crippen molar-refractivity contribution < 1.29 is 4.79 Å². The number of fused-ring (bicyclic) bond motifs is 1. The first-order valence-corrected chi connectivity index (χ1v) is 12.4. The van der Waals surface area contributed by atoms with Gasteiger partial charge in [0, 0.05) is 31.2 Å². The van der Waals surface area contributed by atoms with Gasteiger partial charge < -0.3 is 16.4 Å². The molecule has 0 saturated heterocycles. The fourth-order valence-corrected chi connectivity index (χ4v) is 4.56. The largest absolute Gasteiger partial charge is 0.366 e. The van der Waals surface area contributed by atoms with Crippen LogP contribution in [0.2, 0.25) is 0 Å². The number of carbonyl (C=O) groups is 1. The average Bonchev–Trinajstić information content (AvgIpc) is 3.15. The molecule has 1 aliphatic carbocycles. The number of rotatable bonds is 8. The van der Waals surface area contributed by atoms with Gasteiger partial charge in [-0.2, -0.15) is 11.8 Å². The predicted octanol–water partition coefficient (Wildman–Crippen LogP) is 3.85. The van der Waals surface area contributed by atoms with Crippen LogP contribution in [0.5, 0.6) is 0 Å². The van der Waals surface area contributed by atoms with Gasteiger partial charge in [-0.1, -0.05) is 30.3 Å². The molecule has 2 heterocycles. The van der Waals surface area contributed by atoms with Gasteiger partial charge in [-0.25, -0.2) is 4.98 Å². The van der Waals surface area contributed by atoms with Crippen LogP contribution in [-0.4, -0.2) is 39.4 Å². The first-order valence-electron chi connectivity index (χ1n) is 11.0. The second kappa shape index (κ2) is 10.2.